The number of rotatable bonds is 8. The van der Waals surface area contributed by atoms with E-state index < -0.39 is 20.5 Å². The quantitative estimate of drug-likeness (QED) is 0.101. The van der Waals surface area contributed by atoms with Crippen molar-refractivity contribution in [1.82, 2.24) is 39.9 Å². The summed E-state index contributed by atoms with van der Waals surface area (Å²) < 4.78 is 67.9. The molecular weight excluding hydrogens is 635 g/mol. The Hall–Kier alpha value is -3.04. The van der Waals surface area contributed by atoms with Crippen molar-refractivity contribution in [2.45, 2.75) is 26.7 Å². The first-order valence-corrected chi connectivity index (χ1v) is 13.4. The van der Waals surface area contributed by atoms with E-state index in [0.29, 0.717) is 0 Å². The largest absolute Gasteiger partial charge is 2.00 e. The minimum atomic E-state index is -4.94. The van der Waals surface area contributed by atoms with Gasteiger partial charge in [-0.05, 0) is 13.8 Å². The molecule has 0 atom stereocenters. The molecule has 41 heavy (non-hydrogen) atoms. The maximum atomic E-state index is 8.49. The molecule has 0 aliphatic heterocycles. The van der Waals surface area contributed by atoms with Crippen LogP contribution in [0.15, 0.2) is 47.4 Å². The van der Waals surface area contributed by atoms with Gasteiger partial charge in [-0.25, -0.2) is 57.2 Å². The first-order chi connectivity index (χ1) is 18.7. The molecule has 0 radical (unpaired) electrons. The smallest absolute Gasteiger partial charge is 0.351 e. The summed E-state index contributed by atoms with van der Waals surface area (Å²) in [6.07, 6.45) is 16.1. The molecule has 0 fully saturated rings. The number of H-pyrrole nitrogens is 4. The van der Waals surface area contributed by atoms with Crippen LogP contribution < -0.4 is 37.3 Å². The fraction of sp³-hybridized carbons (Fsp3) is 0.300. The number of hydrogen-bond donors (Lipinski definition) is 4. The number of aromatic nitrogens is 8. The maximum Gasteiger partial charge on any atom is 2.00 e. The predicted octanol–water partition coefficient (Wildman–Crippen LogP) is -7.31. The third kappa shape index (κ3) is 24.5. The maximum absolute atomic E-state index is 8.49. The van der Waals surface area contributed by atoms with E-state index in [0.717, 1.165) is 60.4 Å². The minimum Gasteiger partial charge on any atom is -0.351 e. The van der Waals surface area contributed by atoms with E-state index >= 15 is 0 Å². The summed E-state index contributed by atoms with van der Waals surface area (Å²) in [5.41, 5.74) is 3.81. The molecule has 0 aromatic carbocycles. The molecule has 226 valence electrons. The summed E-state index contributed by atoms with van der Waals surface area (Å²) in [4.78, 5) is 37.0. The topological polar surface area (TPSA) is 324 Å². The second-order valence-electron chi connectivity index (χ2n) is 7.27. The summed E-state index contributed by atoms with van der Waals surface area (Å²) in [7, 11) is -9.89. The van der Waals surface area contributed by atoms with Gasteiger partial charge in [0, 0.05) is 63.1 Å². The molecule has 0 amide bonds. The second-order valence-corrected chi connectivity index (χ2v) is 8.78. The third-order valence-corrected chi connectivity index (χ3v) is 4.00. The number of imidazole rings is 4. The van der Waals surface area contributed by atoms with E-state index in [1.54, 1.807) is 25.1 Å². The van der Waals surface area contributed by atoms with Gasteiger partial charge in [-0.2, -0.15) is 0 Å². The molecule has 4 aromatic rings. The Labute approximate surface area is 248 Å². The van der Waals surface area contributed by atoms with Gasteiger partial charge < -0.3 is 19.9 Å². The minimum absolute atomic E-state index is 0. The number of halogens is 2. The van der Waals surface area contributed by atoms with Gasteiger partial charge in [0.1, 0.15) is 11.6 Å². The van der Waals surface area contributed by atoms with Crippen molar-refractivity contribution in [3.05, 3.63) is 71.9 Å². The number of hydrogen-bond acceptors (Lipinski definition) is 14. The zero-order valence-corrected chi connectivity index (χ0v) is 24.1. The average molecular weight is 661 g/mol. The number of aromatic amines is 4. The van der Waals surface area contributed by atoms with Crippen LogP contribution in [0.25, 0.3) is 0 Å². The second kappa shape index (κ2) is 19.9. The van der Waals surface area contributed by atoms with Crippen molar-refractivity contribution >= 4 is 12.4 Å². The molecular formula is C20H26Cl2FeN10O8. The number of nitrogens with zero attached hydrogens (tertiary/aromatic N) is 6. The average Bonchev–Trinajstić information content (AvgIpc) is 3.62. The normalized spacial score (nSPS) is 11.2. The van der Waals surface area contributed by atoms with Gasteiger partial charge in [-0.3, -0.25) is 9.98 Å². The first kappa shape index (κ1) is 38.0. The molecule has 4 heterocycles. The fourth-order valence-electron chi connectivity index (χ4n) is 2.54. The Morgan fingerprint density at radius 1 is 0.659 bits per heavy atom. The van der Waals surface area contributed by atoms with Gasteiger partial charge in [0.15, 0.2) is 0 Å². The molecule has 0 saturated carbocycles. The van der Waals surface area contributed by atoms with Gasteiger partial charge in [-0.15, -0.1) is 20.5 Å². The zero-order valence-electron chi connectivity index (χ0n) is 21.5. The Bertz CT molecular complexity index is 1130. The van der Waals surface area contributed by atoms with E-state index in [2.05, 4.69) is 49.9 Å². The van der Waals surface area contributed by atoms with E-state index in [1.165, 1.54) is 0 Å². The van der Waals surface area contributed by atoms with Crippen LogP contribution in [-0.2, 0) is 29.9 Å². The monoisotopic (exact) mass is 660 g/mol. The summed E-state index contributed by atoms with van der Waals surface area (Å²) in [5.74, 6) is 1.81. The van der Waals surface area contributed by atoms with Crippen LogP contribution in [0, 0.1) is 34.3 Å². The van der Waals surface area contributed by atoms with Crippen molar-refractivity contribution in [2.24, 2.45) is 9.98 Å². The Morgan fingerprint density at radius 2 is 1.00 bits per heavy atom. The van der Waals surface area contributed by atoms with Crippen LogP contribution in [0.5, 0.6) is 0 Å². The summed E-state index contributed by atoms with van der Waals surface area (Å²) >= 11 is 0. The van der Waals surface area contributed by atoms with E-state index in [4.69, 9.17) is 37.3 Å². The van der Waals surface area contributed by atoms with E-state index in [-0.39, 0.29) is 17.1 Å². The summed E-state index contributed by atoms with van der Waals surface area (Å²) in [5, 5.41) is 0. The van der Waals surface area contributed by atoms with Crippen molar-refractivity contribution < 1.29 is 74.8 Å². The molecule has 0 unspecified atom stereocenters. The van der Waals surface area contributed by atoms with Crippen LogP contribution in [0.2, 0.25) is 0 Å². The van der Waals surface area contributed by atoms with Gasteiger partial charge in [0.25, 0.3) is 0 Å². The molecule has 0 aliphatic carbocycles. The van der Waals surface area contributed by atoms with Crippen molar-refractivity contribution in [3.63, 3.8) is 0 Å². The third-order valence-electron chi connectivity index (χ3n) is 4.00. The Balaban J connectivity index is 0.000000581. The van der Waals surface area contributed by atoms with Gasteiger partial charge in [0.05, 0.1) is 35.4 Å². The van der Waals surface area contributed by atoms with Crippen LogP contribution in [-0.4, -0.2) is 65.4 Å². The Morgan fingerprint density at radius 3 is 1.24 bits per heavy atom. The van der Waals surface area contributed by atoms with Crippen molar-refractivity contribution in [2.75, 3.05) is 13.1 Å². The van der Waals surface area contributed by atoms with Crippen LogP contribution in [0.3, 0.4) is 0 Å². The van der Waals surface area contributed by atoms with Crippen LogP contribution in [0.4, 0.5) is 0 Å². The molecule has 18 nitrogen and oxygen atoms in total. The molecule has 0 saturated heterocycles. The fourth-order valence-corrected chi connectivity index (χ4v) is 2.54. The zero-order chi connectivity index (χ0) is 30.0. The molecule has 4 N–H and O–H groups in total. The summed E-state index contributed by atoms with van der Waals surface area (Å²) in [6.45, 7) is 5.30. The molecule has 4 aromatic heterocycles. The standard InChI is InChI=1S/2C10H13N5.2ClHO4.Fe/c2*1-8-13-6-10(15-8)5-11-3-2-9-4-12-7-14-9;2*2-1(3,4)5;/h2*4-7H,2-3H2,1H3,(H,12,14)(H,13,15);2*(H,2,3,4,5);/q;;;;+2/p-2. The van der Waals surface area contributed by atoms with Gasteiger partial charge in [0.2, 0.25) is 0 Å². The number of aryl methyl sites for hydroxylation is 2. The number of nitrogens with one attached hydrogen (secondary N) is 4. The molecule has 0 aliphatic rings. The molecule has 21 heteroatoms. The van der Waals surface area contributed by atoms with E-state index in [9.17, 15) is 0 Å². The molecule has 0 spiro atoms. The van der Waals surface area contributed by atoms with Gasteiger partial charge >= 0.3 is 17.1 Å². The first-order valence-electron chi connectivity index (χ1n) is 10.9. The van der Waals surface area contributed by atoms with Crippen molar-refractivity contribution in [3.8, 4) is 0 Å². The predicted molar refractivity (Wildman–Crippen MR) is 116 cm³/mol. The summed E-state index contributed by atoms with van der Waals surface area (Å²) in [6, 6.07) is 0. The molecule has 0 bridgehead atoms. The van der Waals surface area contributed by atoms with Gasteiger partial charge in [-0.1, -0.05) is 0 Å². The van der Waals surface area contributed by atoms with Crippen molar-refractivity contribution in [1.29, 1.82) is 0 Å². The van der Waals surface area contributed by atoms with Crippen LogP contribution >= 0.6 is 0 Å². The molecule has 4 rings (SSSR count). The van der Waals surface area contributed by atoms with Crippen LogP contribution in [0.1, 0.15) is 34.4 Å². The Kier molecular flexibility index (Phi) is 18.5. The SMILES string of the molecule is Cc1nc(C=NCCc2c[nH]cn2)c[nH]1.Cc1nc(C=NCCc2c[nH]cn2)c[nH]1.[Fe+2].[O-][Cl+3]([O-])([O-])[O-].[O-][Cl+3]([O-])([O-])[O-]. The number of aliphatic imine (C=N–C) groups is 2. The van der Waals surface area contributed by atoms with E-state index in [1.807, 2.05) is 38.6 Å².